The number of nitrogens with zero attached hydrogens (tertiary/aromatic N) is 1. The predicted molar refractivity (Wildman–Crippen MR) is 115 cm³/mol. The molecule has 7 heteroatoms. The van der Waals surface area contributed by atoms with Crippen molar-refractivity contribution in [2.24, 2.45) is 0 Å². The van der Waals surface area contributed by atoms with E-state index in [2.05, 4.69) is 10.6 Å². The highest BCUT2D eigenvalue weighted by atomic mass is 32.2. The number of anilines is 1. The molecule has 1 amide bonds. The molecular formula is C22H29N3O3S. The number of rotatable bonds is 7. The van der Waals surface area contributed by atoms with Gasteiger partial charge < -0.3 is 10.6 Å². The first kappa shape index (κ1) is 21.3. The molecule has 0 saturated carbocycles. The first-order valence-electron chi connectivity index (χ1n) is 10.2. The van der Waals surface area contributed by atoms with Crippen LogP contribution in [0.25, 0.3) is 0 Å². The Hall–Kier alpha value is -2.38. The van der Waals surface area contributed by atoms with E-state index in [1.54, 1.807) is 28.6 Å². The number of carbonyl (C=O) groups is 1. The molecule has 2 aromatic carbocycles. The smallest absolute Gasteiger partial charge is 0.243 e. The molecule has 1 fully saturated rings. The maximum atomic E-state index is 13.0. The molecule has 6 nitrogen and oxygen atoms in total. The van der Waals surface area contributed by atoms with E-state index in [4.69, 9.17) is 0 Å². The van der Waals surface area contributed by atoms with E-state index in [-0.39, 0.29) is 23.4 Å². The van der Waals surface area contributed by atoms with Gasteiger partial charge in [-0.05, 0) is 43.5 Å². The summed E-state index contributed by atoms with van der Waals surface area (Å²) < 4.78 is 27.5. The zero-order valence-electron chi connectivity index (χ0n) is 16.8. The summed E-state index contributed by atoms with van der Waals surface area (Å²) in [7, 11) is -3.51. The lowest BCUT2D eigenvalue weighted by molar-refractivity contribution is -0.120. The molecule has 0 aliphatic carbocycles. The van der Waals surface area contributed by atoms with E-state index < -0.39 is 10.0 Å². The van der Waals surface area contributed by atoms with Gasteiger partial charge in [0.15, 0.2) is 0 Å². The number of benzene rings is 2. The van der Waals surface area contributed by atoms with E-state index in [9.17, 15) is 13.2 Å². The third kappa shape index (κ3) is 5.81. The number of carbonyl (C=O) groups excluding carboxylic acids is 1. The summed E-state index contributed by atoms with van der Waals surface area (Å²) in [4.78, 5) is 12.5. The lowest BCUT2D eigenvalue weighted by atomic mass is 10.1. The summed E-state index contributed by atoms with van der Waals surface area (Å²) in [6, 6.07) is 16.3. The molecule has 156 valence electrons. The first-order valence-corrected chi connectivity index (χ1v) is 11.6. The molecule has 29 heavy (non-hydrogen) atoms. The van der Waals surface area contributed by atoms with E-state index in [1.165, 1.54) is 0 Å². The molecule has 1 aliphatic rings. The van der Waals surface area contributed by atoms with Gasteiger partial charge in [0.2, 0.25) is 15.9 Å². The Morgan fingerprint density at radius 1 is 1.00 bits per heavy atom. The van der Waals surface area contributed by atoms with Crippen LogP contribution in [0, 0.1) is 0 Å². The SMILES string of the molecule is C[C@@H](NC(=O)CNc1cccc(S(=O)(=O)N2CCCCCC2)c1)c1ccccc1. The van der Waals surface area contributed by atoms with E-state index in [0.717, 1.165) is 31.2 Å². The molecule has 0 aromatic heterocycles. The molecule has 0 radical (unpaired) electrons. The lowest BCUT2D eigenvalue weighted by Crippen LogP contribution is -2.32. The fourth-order valence-electron chi connectivity index (χ4n) is 3.50. The van der Waals surface area contributed by atoms with Gasteiger partial charge in [-0.25, -0.2) is 8.42 Å². The van der Waals surface area contributed by atoms with Crippen molar-refractivity contribution in [1.82, 2.24) is 9.62 Å². The third-order valence-corrected chi connectivity index (χ3v) is 7.06. The largest absolute Gasteiger partial charge is 0.376 e. The number of hydrogen-bond donors (Lipinski definition) is 2. The minimum absolute atomic E-state index is 0.0738. The summed E-state index contributed by atoms with van der Waals surface area (Å²) >= 11 is 0. The van der Waals surface area contributed by atoms with Gasteiger partial charge in [-0.3, -0.25) is 4.79 Å². The molecule has 0 spiro atoms. The van der Waals surface area contributed by atoms with E-state index in [0.29, 0.717) is 18.8 Å². The Kier molecular flexibility index (Phi) is 7.28. The molecule has 0 unspecified atom stereocenters. The zero-order chi connectivity index (χ0) is 20.7. The van der Waals surface area contributed by atoms with Crippen molar-refractivity contribution in [3.05, 3.63) is 60.2 Å². The highest BCUT2D eigenvalue weighted by molar-refractivity contribution is 7.89. The summed E-state index contributed by atoms with van der Waals surface area (Å²) in [5.41, 5.74) is 1.65. The van der Waals surface area contributed by atoms with Crippen LogP contribution in [0.15, 0.2) is 59.5 Å². The van der Waals surface area contributed by atoms with Crippen molar-refractivity contribution in [2.75, 3.05) is 25.0 Å². The zero-order valence-corrected chi connectivity index (χ0v) is 17.6. The lowest BCUT2D eigenvalue weighted by Gasteiger charge is -2.20. The van der Waals surface area contributed by atoms with Crippen molar-refractivity contribution in [1.29, 1.82) is 0 Å². The Labute approximate surface area is 173 Å². The fraction of sp³-hybridized carbons (Fsp3) is 0.409. The molecule has 2 aromatic rings. The molecule has 1 aliphatic heterocycles. The maximum Gasteiger partial charge on any atom is 0.243 e. The number of hydrogen-bond acceptors (Lipinski definition) is 4. The molecule has 2 N–H and O–H groups in total. The average molecular weight is 416 g/mol. The quantitative estimate of drug-likeness (QED) is 0.725. The highest BCUT2D eigenvalue weighted by Crippen LogP contribution is 2.22. The van der Waals surface area contributed by atoms with Crippen LogP contribution >= 0.6 is 0 Å². The van der Waals surface area contributed by atoms with Crippen LogP contribution in [-0.4, -0.2) is 38.3 Å². The number of nitrogens with one attached hydrogen (secondary N) is 2. The second-order valence-corrected chi connectivity index (χ2v) is 9.34. The Bertz CT molecular complexity index is 908. The molecule has 1 heterocycles. The van der Waals surface area contributed by atoms with Gasteiger partial charge in [0.25, 0.3) is 0 Å². The van der Waals surface area contributed by atoms with Crippen LogP contribution in [0.2, 0.25) is 0 Å². The normalized spacial score (nSPS) is 16.6. The van der Waals surface area contributed by atoms with Gasteiger partial charge in [0.1, 0.15) is 0 Å². The number of sulfonamides is 1. The van der Waals surface area contributed by atoms with Gasteiger partial charge in [0, 0.05) is 18.8 Å². The van der Waals surface area contributed by atoms with Gasteiger partial charge in [-0.1, -0.05) is 49.2 Å². The third-order valence-electron chi connectivity index (χ3n) is 5.17. The van der Waals surface area contributed by atoms with Crippen LogP contribution in [0.1, 0.15) is 44.2 Å². The standard InChI is InChI=1S/C22H29N3O3S/c1-18(19-10-5-4-6-11-19)24-22(26)17-23-20-12-9-13-21(16-20)29(27,28)25-14-7-2-3-8-15-25/h4-6,9-13,16,18,23H,2-3,7-8,14-15,17H2,1H3,(H,24,26)/t18-/m1/s1. The van der Waals surface area contributed by atoms with E-state index in [1.807, 2.05) is 37.3 Å². The van der Waals surface area contributed by atoms with Gasteiger partial charge >= 0.3 is 0 Å². The first-order chi connectivity index (χ1) is 14.0. The van der Waals surface area contributed by atoms with Crippen LogP contribution in [0.3, 0.4) is 0 Å². The predicted octanol–water partition coefficient (Wildman–Crippen LogP) is 3.54. The topological polar surface area (TPSA) is 78.5 Å². The van der Waals surface area contributed by atoms with Gasteiger partial charge in [0.05, 0.1) is 17.5 Å². The van der Waals surface area contributed by atoms with Crippen molar-refractivity contribution in [2.45, 2.75) is 43.5 Å². The van der Waals surface area contributed by atoms with Crippen molar-refractivity contribution in [3.63, 3.8) is 0 Å². The monoisotopic (exact) mass is 415 g/mol. The van der Waals surface area contributed by atoms with Crippen LogP contribution < -0.4 is 10.6 Å². The summed E-state index contributed by atoms with van der Waals surface area (Å²) in [5.74, 6) is -0.151. The van der Waals surface area contributed by atoms with Crippen molar-refractivity contribution >= 4 is 21.6 Å². The maximum absolute atomic E-state index is 13.0. The van der Waals surface area contributed by atoms with Gasteiger partial charge in [-0.2, -0.15) is 4.31 Å². The van der Waals surface area contributed by atoms with Crippen LogP contribution in [0.5, 0.6) is 0 Å². The Morgan fingerprint density at radius 3 is 2.38 bits per heavy atom. The summed E-state index contributed by atoms with van der Waals surface area (Å²) in [6.07, 6.45) is 3.95. The minimum Gasteiger partial charge on any atom is -0.376 e. The van der Waals surface area contributed by atoms with Crippen molar-refractivity contribution in [3.8, 4) is 0 Å². The molecular weight excluding hydrogens is 386 g/mol. The Morgan fingerprint density at radius 2 is 1.69 bits per heavy atom. The second kappa shape index (κ2) is 9.89. The van der Waals surface area contributed by atoms with Gasteiger partial charge in [-0.15, -0.1) is 0 Å². The average Bonchev–Trinajstić information content (AvgIpc) is 3.03. The molecule has 0 bridgehead atoms. The Balaban J connectivity index is 1.60. The number of amides is 1. The minimum atomic E-state index is -3.51. The van der Waals surface area contributed by atoms with E-state index >= 15 is 0 Å². The molecule has 1 saturated heterocycles. The highest BCUT2D eigenvalue weighted by Gasteiger charge is 2.25. The van der Waals surface area contributed by atoms with Crippen LogP contribution in [0.4, 0.5) is 5.69 Å². The fourth-order valence-corrected chi connectivity index (χ4v) is 5.06. The molecule has 1 atom stereocenters. The summed E-state index contributed by atoms with van der Waals surface area (Å²) in [5, 5.41) is 5.98. The molecule has 3 rings (SSSR count). The second-order valence-electron chi connectivity index (χ2n) is 7.40. The summed E-state index contributed by atoms with van der Waals surface area (Å²) in [6.45, 7) is 3.14. The van der Waals surface area contributed by atoms with Crippen LogP contribution in [-0.2, 0) is 14.8 Å². The van der Waals surface area contributed by atoms with Crippen molar-refractivity contribution < 1.29 is 13.2 Å².